The zero-order chi connectivity index (χ0) is 20.1. The van der Waals surface area contributed by atoms with Crippen LogP contribution in [0.3, 0.4) is 0 Å². The summed E-state index contributed by atoms with van der Waals surface area (Å²) in [6.07, 6.45) is 3.33. The lowest BCUT2D eigenvalue weighted by molar-refractivity contribution is -0.153. The summed E-state index contributed by atoms with van der Waals surface area (Å²) in [4.78, 5) is 20.8. The van der Waals surface area contributed by atoms with Crippen LogP contribution in [0.15, 0.2) is 38.0 Å². The minimum atomic E-state index is -0.954. The Hall–Kier alpha value is -2.00. The fourth-order valence-corrected chi connectivity index (χ4v) is 0.855. The van der Waals surface area contributed by atoms with Crippen LogP contribution in [0.25, 0.3) is 0 Å². The maximum Gasteiger partial charge on any atom is 0.303 e. The SMILES string of the molecule is C=CC(COC(C)=O)OC(C)=O.C=CCOCC=C.OCC(O)CO. The number of carbonyl (C=O) groups excluding carboxylic acids is 2. The van der Waals surface area contributed by atoms with Crippen LogP contribution in [0.2, 0.25) is 0 Å². The van der Waals surface area contributed by atoms with Crippen LogP contribution in [0.5, 0.6) is 0 Å². The van der Waals surface area contributed by atoms with Crippen LogP contribution < -0.4 is 0 Å². The molecule has 0 aromatic heterocycles. The van der Waals surface area contributed by atoms with Gasteiger partial charge in [0.2, 0.25) is 0 Å². The minimum Gasteiger partial charge on any atom is -0.462 e. The fraction of sp³-hybridized carbons (Fsp3) is 0.529. The molecule has 0 saturated heterocycles. The Morgan fingerprint density at radius 1 is 1.00 bits per heavy atom. The molecule has 0 aliphatic heterocycles. The summed E-state index contributed by atoms with van der Waals surface area (Å²) >= 11 is 0. The first-order valence-electron chi connectivity index (χ1n) is 7.41. The summed E-state index contributed by atoms with van der Waals surface area (Å²) in [5.74, 6) is -0.832. The van der Waals surface area contributed by atoms with E-state index in [0.29, 0.717) is 13.2 Å². The highest BCUT2D eigenvalue weighted by atomic mass is 16.6. The van der Waals surface area contributed by atoms with E-state index >= 15 is 0 Å². The van der Waals surface area contributed by atoms with E-state index in [4.69, 9.17) is 24.8 Å². The largest absolute Gasteiger partial charge is 0.462 e. The van der Waals surface area contributed by atoms with Crippen LogP contribution in [0.4, 0.5) is 0 Å². The van der Waals surface area contributed by atoms with Crippen LogP contribution in [0.1, 0.15) is 13.8 Å². The van der Waals surface area contributed by atoms with Gasteiger partial charge in [-0.25, -0.2) is 0 Å². The van der Waals surface area contributed by atoms with Crippen molar-refractivity contribution in [3.63, 3.8) is 0 Å². The van der Waals surface area contributed by atoms with Gasteiger partial charge in [-0.05, 0) is 6.08 Å². The molecule has 0 saturated carbocycles. The summed E-state index contributed by atoms with van der Waals surface area (Å²) < 4.78 is 14.2. The molecule has 8 heteroatoms. The van der Waals surface area contributed by atoms with Gasteiger partial charge in [0.15, 0.2) is 6.10 Å². The summed E-state index contributed by atoms with van der Waals surface area (Å²) in [7, 11) is 0. The molecular weight excluding hydrogens is 332 g/mol. The lowest BCUT2D eigenvalue weighted by Crippen LogP contribution is -2.21. The molecule has 0 aliphatic rings. The summed E-state index contributed by atoms with van der Waals surface area (Å²) in [6.45, 7) is 13.5. The normalized spacial score (nSPS) is 10.2. The molecule has 0 aromatic carbocycles. The molecule has 0 radical (unpaired) electrons. The Kier molecular flexibility index (Phi) is 24.5. The second-order valence-electron chi connectivity index (χ2n) is 4.32. The number of ether oxygens (including phenoxy) is 3. The predicted molar refractivity (Wildman–Crippen MR) is 93.8 cm³/mol. The Bertz CT molecular complexity index is 356. The fourth-order valence-electron chi connectivity index (χ4n) is 0.855. The van der Waals surface area contributed by atoms with E-state index in [2.05, 4.69) is 24.5 Å². The molecular formula is C17H30O8. The topological polar surface area (TPSA) is 123 Å². The first-order valence-corrected chi connectivity index (χ1v) is 7.41. The lowest BCUT2D eigenvalue weighted by Gasteiger charge is -2.11. The molecule has 0 aromatic rings. The minimum absolute atomic E-state index is 0.0262. The third-order valence-corrected chi connectivity index (χ3v) is 1.92. The second kappa shape index (κ2) is 22.0. The van der Waals surface area contributed by atoms with Gasteiger partial charge in [0, 0.05) is 13.8 Å². The predicted octanol–water partition coefficient (Wildman–Crippen LogP) is 0.374. The average Bonchev–Trinajstić information content (AvgIpc) is 2.59. The molecule has 1 atom stereocenters. The van der Waals surface area contributed by atoms with Crippen molar-refractivity contribution >= 4 is 11.9 Å². The maximum absolute atomic E-state index is 10.4. The van der Waals surface area contributed by atoms with Gasteiger partial charge in [-0.3, -0.25) is 9.59 Å². The van der Waals surface area contributed by atoms with E-state index in [1.165, 1.54) is 19.9 Å². The molecule has 0 spiro atoms. The van der Waals surface area contributed by atoms with E-state index in [0.717, 1.165) is 0 Å². The van der Waals surface area contributed by atoms with Crippen molar-refractivity contribution in [1.82, 2.24) is 0 Å². The average molecular weight is 362 g/mol. The molecule has 25 heavy (non-hydrogen) atoms. The number of hydrogen-bond donors (Lipinski definition) is 3. The summed E-state index contributed by atoms with van der Waals surface area (Å²) in [6, 6.07) is 0. The molecule has 0 fully saturated rings. The molecule has 8 nitrogen and oxygen atoms in total. The number of hydrogen-bond acceptors (Lipinski definition) is 8. The third-order valence-electron chi connectivity index (χ3n) is 1.92. The van der Waals surface area contributed by atoms with E-state index < -0.39 is 24.1 Å². The number of esters is 2. The second-order valence-corrected chi connectivity index (χ2v) is 4.32. The molecule has 0 amide bonds. The van der Waals surface area contributed by atoms with E-state index in [-0.39, 0.29) is 19.8 Å². The molecule has 0 heterocycles. The Labute approximate surface area is 149 Å². The summed E-state index contributed by atoms with van der Waals surface area (Å²) in [5, 5.41) is 24.0. The zero-order valence-corrected chi connectivity index (χ0v) is 14.9. The van der Waals surface area contributed by atoms with Crippen LogP contribution in [0, 0.1) is 0 Å². The smallest absolute Gasteiger partial charge is 0.303 e. The van der Waals surface area contributed by atoms with Crippen LogP contribution in [-0.2, 0) is 23.8 Å². The Balaban J connectivity index is -0.000000317. The molecule has 1 unspecified atom stereocenters. The molecule has 146 valence electrons. The molecule has 0 rings (SSSR count). The monoisotopic (exact) mass is 362 g/mol. The molecule has 0 aliphatic carbocycles. The van der Waals surface area contributed by atoms with Crippen molar-refractivity contribution < 1.29 is 39.1 Å². The van der Waals surface area contributed by atoms with Gasteiger partial charge < -0.3 is 29.5 Å². The van der Waals surface area contributed by atoms with Gasteiger partial charge >= 0.3 is 11.9 Å². The lowest BCUT2D eigenvalue weighted by atomic mass is 10.4. The van der Waals surface area contributed by atoms with E-state index in [1.54, 1.807) is 12.2 Å². The number of aliphatic hydroxyl groups excluding tert-OH is 3. The number of rotatable bonds is 10. The highest BCUT2D eigenvalue weighted by molar-refractivity contribution is 5.67. The summed E-state index contributed by atoms with van der Waals surface area (Å²) in [5.41, 5.74) is 0. The third kappa shape index (κ3) is 30.4. The molecule has 0 bridgehead atoms. The maximum atomic E-state index is 10.4. The first kappa shape index (κ1) is 27.8. The first-order chi connectivity index (χ1) is 11.8. The zero-order valence-electron chi connectivity index (χ0n) is 14.9. The molecule has 3 N–H and O–H groups in total. The van der Waals surface area contributed by atoms with Crippen molar-refractivity contribution in [2.75, 3.05) is 33.0 Å². The van der Waals surface area contributed by atoms with Crippen LogP contribution >= 0.6 is 0 Å². The van der Waals surface area contributed by atoms with Gasteiger partial charge in [0.1, 0.15) is 12.7 Å². The van der Waals surface area contributed by atoms with Gasteiger partial charge in [-0.15, -0.1) is 13.2 Å². The van der Waals surface area contributed by atoms with Crippen molar-refractivity contribution in [2.45, 2.75) is 26.1 Å². The van der Waals surface area contributed by atoms with Gasteiger partial charge in [0.25, 0.3) is 0 Å². The van der Waals surface area contributed by atoms with Crippen molar-refractivity contribution in [3.8, 4) is 0 Å². The Morgan fingerprint density at radius 2 is 1.48 bits per heavy atom. The van der Waals surface area contributed by atoms with Crippen molar-refractivity contribution in [3.05, 3.63) is 38.0 Å². The number of carbonyl (C=O) groups is 2. The van der Waals surface area contributed by atoms with Crippen molar-refractivity contribution in [2.24, 2.45) is 0 Å². The Morgan fingerprint density at radius 3 is 1.72 bits per heavy atom. The van der Waals surface area contributed by atoms with Crippen molar-refractivity contribution in [1.29, 1.82) is 0 Å². The van der Waals surface area contributed by atoms with Crippen LogP contribution in [-0.4, -0.2) is 72.5 Å². The van der Waals surface area contributed by atoms with E-state index in [9.17, 15) is 9.59 Å². The van der Waals surface area contributed by atoms with E-state index in [1.807, 2.05) is 0 Å². The standard InChI is InChI=1S/C8H12O4.C6H10O.C3H8O3/c1-4-8(12-7(3)10)5-11-6(2)9;1-3-5-7-6-4-2;4-1-3(6)2-5/h4,8H,1,5H2,2-3H3;3-4H,1-2,5-6H2;3-6H,1-2H2. The number of aliphatic hydroxyl groups is 3. The van der Waals surface area contributed by atoms with Gasteiger partial charge in [0.05, 0.1) is 26.4 Å². The van der Waals surface area contributed by atoms with Gasteiger partial charge in [-0.2, -0.15) is 0 Å². The quantitative estimate of drug-likeness (QED) is 0.289. The highest BCUT2D eigenvalue weighted by Crippen LogP contribution is 1.95. The highest BCUT2D eigenvalue weighted by Gasteiger charge is 2.08. The van der Waals surface area contributed by atoms with Gasteiger partial charge in [-0.1, -0.05) is 18.7 Å².